The Hall–Kier alpha value is -5.73. The molecule has 0 saturated carbocycles. The Balaban J connectivity index is 1.62. The minimum absolute atomic E-state index is 0.0314. The largest absolute Gasteiger partial charge is 0.457 e. The van der Waals surface area contributed by atoms with E-state index in [-0.39, 0.29) is 29.0 Å². The number of halogens is 5. The summed E-state index contributed by atoms with van der Waals surface area (Å²) < 4.78 is 100. The standard InChI is InChI=1S/C33H27F5O10/c1-4-29(39)45-17-43-21-8-6-20(26(34)15-21)7-13-31(41)47-23-10-12-28(25(14-23)33(36,37)38)48-32(42)19(3)24-11-9-22(16-27(24)35)44-18-46-30(40)5-2/h4-6,8-12,14-16,19H,1-2,7,13,17-18H2,3H3. The zero-order chi connectivity index (χ0) is 35.4. The van der Waals surface area contributed by atoms with Gasteiger partial charge in [0.2, 0.25) is 13.6 Å². The maximum Gasteiger partial charge on any atom is 0.420 e. The molecule has 254 valence electrons. The molecule has 0 fully saturated rings. The summed E-state index contributed by atoms with van der Waals surface area (Å²) in [6.07, 6.45) is -3.84. The molecule has 1 atom stereocenters. The van der Waals surface area contributed by atoms with E-state index in [0.29, 0.717) is 6.07 Å². The lowest BCUT2D eigenvalue weighted by atomic mass is 10.0. The minimum Gasteiger partial charge on any atom is -0.457 e. The zero-order valence-electron chi connectivity index (χ0n) is 25.1. The van der Waals surface area contributed by atoms with Crippen LogP contribution in [-0.2, 0) is 41.2 Å². The van der Waals surface area contributed by atoms with Crippen LogP contribution < -0.4 is 18.9 Å². The number of carbonyl (C=O) groups is 4. The van der Waals surface area contributed by atoms with Crippen LogP contribution in [0.15, 0.2) is 79.9 Å². The van der Waals surface area contributed by atoms with Crippen molar-refractivity contribution in [3.63, 3.8) is 0 Å². The van der Waals surface area contributed by atoms with Crippen molar-refractivity contribution in [1.82, 2.24) is 0 Å². The molecule has 0 radical (unpaired) electrons. The van der Waals surface area contributed by atoms with Crippen molar-refractivity contribution in [1.29, 1.82) is 0 Å². The summed E-state index contributed by atoms with van der Waals surface area (Å²) in [4.78, 5) is 47.2. The maximum absolute atomic E-state index is 14.7. The lowest BCUT2D eigenvalue weighted by molar-refractivity contribution is -0.145. The first-order valence-electron chi connectivity index (χ1n) is 13.8. The van der Waals surface area contributed by atoms with Gasteiger partial charge in [0.25, 0.3) is 0 Å². The van der Waals surface area contributed by atoms with Crippen LogP contribution in [0.25, 0.3) is 0 Å². The quantitative estimate of drug-likeness (QED) is 0.0590. The van der Waals surface area contributed by atoms with Gasteiger partial charge in [0, 0.05) is 29.8 Å². The summed E-state index contributed by atoms with van der Waals surface area (Å²) in [5.41, 5.74) is -1.60. The molecule has 3 rings (SSSR count). The molecule has 10 nitrogen and oxygen atoms in total. The van der Waals surface area contributed by atoms with Crippen LogP contribution >= 0.6 is 0 Å². The van der Waals surface area contributed by atoms with Crippen molar-refractivity contribution in [3.8, 4) is 23.0 Å². The lowest BCUT2D eigenvalue weighted by Crippen LogP contribution is -2.20. The predicted molar refractivity (Wildman–Crippen MR) is 156 cm³/mol. The molecule has 0 aromatic heterocycles. The summed E-state index contributed by atoms with van der Waals surface area (Å²) in [6, 6.07) is 9.09. The number of ether oxygens (including phenoxy) is 6. The number of hydrogen-bond donors (Lipinski definition) is 0. The highest BCUT2D eigenvalue weighted by Gasteiger charge is 2.36. The molecule has 0 aliphatic rings. The topological polar surface area (TPSA) is 124 Å². The first-order valence-corrected chi connectivity index (χ1v) is 13.8. The second-order valence-electron chi connectivity index (χ2n) is 9.57. The number of esters is 4. The van der Waals surface area contributed by atoms with E-state index in [1.807, 2.05) is 0 Å². The van der Waals surface area contributed by atoms with Gasteiger partial charge >= 0.3 is 30.1 Å². The summed E-state index contributed by atoms with van der Waals surface area (Å²) in [6.45, 7) is 6.59. The summed E-state index contributed by atoms with van der Waals surface area (Å²) in [7, 11) is 0. The Kier molecular flexibility index (Phi) is 12.8. The Morgan fingerprint density at radius 1 is 0.771 bits per heavy atom. The van der Waals surface area contributed by atoms with Crippen LogP contribution in [0.1, 0.15) is 36.0 Å². The third kappa shape index (κ3) is 10.7. The number of benzene rings is 3. The van der Waals surface area contributed by atoms with Crippen molar-refractivity contribution in [2.24, 2.45) is 0 Å². The fourth-order valence-electron chi connectivity index (χ4n) is 3.82. The van der Waals surface area contributed by atoms with Gasteiger partial charge in [-0.25, -0.2) is 18.4 Å². The van der Waals surface area contributed by atoms with Gasteiger partial charge in [-0.15, -0.1) is 0 Å². The molecule has 0 amide bonds. The first-order chi connectivity index (χ1) is 22.7. The molecule has 15 heteroatoms. The van der Waals surface area contributed by atoms with Crippen LogP contribution in [0.2, 0.25) is 0 Å². The molecule has 3 aromatic carbocycles. The number of alkyl halides is 3. The van der Waals surface area contributed by atoms with Crippen molar-refractivity contribution >= 4 is 23.9 Å². The minimum atomic E-state index is -5.06. The molecule has 0 bridgehead atoms. The average Bonchev–Trinajstić information content (AvgIpc) is 3.04. The fourth-order valence-corrected chi connectivity index (χ4v) is 3.82. The van der Waals surface area contributed by atoms with Crippen LogP contribution in [-0.4, -0.2) is 37.5 Å². The smallest absolute Gasteiger partial charge is 0.420 e. The van der Waals surface area contributed by atoms with Gasteiger partial charge in [0.05, 0.1) is 12.3 Å². The third-order valence-corrected chi connectivity index (χ3v) is 6.30. The van der Waals surface area contributed by atoms with Crippen molar-refractivity contribution < 1.29 is 69.6 Å². The second-order valence-corrected chi connectivity index (χ2v) is 9.57. The Morgan fingerprint density at radius 3 is 1.88 bits per heavy atom. The van der Waals surface area contributed by atoms with Crippen LogP contribution in [0.5, 0.6) is 23.0 Å². The second kappa shape index (κ2) is 16.7. The molecule has 0 heterocycles. The molecule has 0 N–H and O–H groups in total. The van der Waals surface area contributed by atoms with Crippen molar-refractivity contribution in [2.45, 2.75) is 31.9 Å². The van der Waals surface area contributed by atoms with E-state index in [1.165, 1.54) is 25.1 Å². The van der Waals surface area contributed by atoms with Gasteiger partial charge in [-0.3, -0.25) is 9.59 Å². The third-order valence-electron chi connectivity index (χ3n) is 6.30. The van der Waals surface area contributed by atoms with E-state index in [0.717, 1.165) is 42.5 Å². The van der Waals surface area contributed by atoms with Gasteiger partial charge in [0.1, 0.15) is 40.2 Å². The Labute approximate surface area is 270 Å². The average molecular weight is 679 g/mol. The van der Waals surface area contributed by atoms with E-state index in [9.17, 15) is 41.1 Å². The highest BCUT2D eigenvalue weighted by atomic mass is 19.4. The van der Waals surface area contributed by atoms with Crippen molar-refractivity contribution in [2.75, 3.05) is 13.6 Å². The molecule has 48 heavy (non-hydrogen) atoms. The van der Waals surface area contributed by atoms with E-state index in [4.69, 9.17) is 18.9 Å². The van der Waals surface area contributed by atoms with Gasteiger partial charge < -0.3 is 28.4 Å². The molecule has 0 spiro atoms. The van der Waals surface area contributed by atoms with E-state index < -0.39 is 84.7 Å². The van der Waals surface area contributed by atoms with Gasteiger partial charge in [-0.2, -0.15) is 13.2 Å². The number of carbonyl (C=O) groups excluding carboxylic acids is 4. The highest BCUT2D eigenvalue weighted by molar-refractivity contribution is 5.82. The molecular formula is C33H27F5O10. The van der Waals surface area contributed by atoms with E-state index >= 15 is 0 Å². The molecule has 0 aliphatic carbocycles. The monoisotopic (exact) mass is 678 g/mol. The zero-order valence-corrected chi connectivity index (χ0v) is 25.1. The number of rotatable bonds is 15. The van der Waals surface area contributed by atoms with Gasteiger partial charge in [0.15, 0.2) is 0 Å². The van der Waals surface area contributed by atoms with Gasteiger partial charge in [-0.05, 0) is 49.2 Å². The number of hydrogen-bond acceptors (Lipinski definition) is 10. The molecule has 0 aliphatic heterocycles. The van der Waals surface area contributed by atoms with Crippen molar-refractivity contribution in [3.05, 3.63) is 108 Å². The molecule has 0 saturated heterocycles. The lowest BCUT2D eigenvalue weighted by Gasteiger charge is -2.17. The SMILES string of the molecule is C=CC(=O)OCOc1ccc(CCC(=O)Oc2ccc(OC(=O)C(C)c3ccc(OCOC(=O)C=C)cc3F)c(C(F)(F)F)c2)c(F)c1. The first kappa shape index (κ1) is 36.7. The number of aryl methyl sites for hydroxylation is 1. The maximum atomic E-state index is 14.7. The van der Waals surface area contributed by atoms with Crippen LogP contribution in [0.3, 0.4) is 0 Å². The Morgan fingerprint density at radius 2 is 1.33 bits per heavy atom. The normalized spacial score (nSPS) is 11.5. The Bertz CT molecular complexity index is 1690. The molecule has 1 unspecified atom stereocenters. The molecular weight excluding hydrogens is 651 g/mol. The summed E-state index contributed by atoms with van der Waals surface area (Å²) in [5.74, 6) is -8.28. The van der Waals surface area contributed by atoms with E-state index in [2.05, 4.69) is 22.6 Å². The fraction of sp³-hybridized carbons (Fsp3) is 0.212. The molecule has 3 aromatic rings. The van der Waals surface area contributed by atoms with Crippen LogP contribution in [0.4, 0.5) is 22.0 Å². The van der Waals surface area contributed by atoms with Gasteiger partial charge in [-0.1, -0.05) is 25.3 Å². The highest BCUT2D eigenvalue weighted by Crippen LogP contribution is 2.39. The van der Waals surface area contributed by atoms with E-state index in [1.54, 1.807) is 0 Å². The summed E-state index contributed by atoms with van der Waals surface area (Å²) in [5, 5.41) is 0. The predicted octanol–water partition coefficient (Wildman–Crippen LogP) is 6.36. The van der Waals surface area contributed by atoms with Crippen LogP contribution in [0, 0.1) is 11.6 Å². The summed E-state index contributed by atoms with van der Waals surface area (Å²) >= 11 is 0.